The summed E-state index contributed by atoms with van der Waals surface area (Å²) >= 11 is 2.23. The van der Waals surface area contributed by atoms with Crippen molar-refractivity contribution in [2.45, 2.75) is 13.1 Å². The number of alkyl halides is 3. The van der Waals surface area contributed by atoms with Crippen molar-refractivity contribution in [2.24, 2.45) is 0 Å². The Hall–Kier alpha value is -1.14. The van der Waals surface area contributed by atoms with Crippen molar-refractivity contribution in [3.63, 3.8) is 0 Å². The second-order valence-corrected chi connectivity index (χ2v) is 5.67. The first-order chi connectivity index (χ1) is 7.97. The lowest BCUT2D eigenvalue weighted by molar-refractivity contribution is -0.137. The maximum Gasteiger partial charge on any atom is 0.443 e. The fraction of sp³-hybridized carbons (Fsp3) is 0.182. The highest BCUT2D eigenvalue weighted by molar-refractivity contribution is 7.20. The molecule has 0 N–H and O–H groups in total. The Labute approximate surface area is 103 Å². The maximum absolute atomic E-state index is 12.6. The molecule has 6 heteroatoms. The first-order valence-corrected chi connectivity index (χ1v) is 6.51. The Balaban J connectivity index is 2.43. The van der Waals surface area contributed by atoms with Gasteiger partial charge in [-0.05, 0) is 30.0 Å². The number of fused-ring (bicyclic) bond motifs is 3. The van der Waals surface area contributed by atoms with Crippen LogP contribution in [-0.2, 0) is 6.18 Å². The summed E-state index contributed by atoms with van der Waals surface area (Å²) in [6.07, 6.45) is -4.36. The normalized spacial score (nSPS) is 12.7. The van der Waals surface area contributed by atoms with Gasteiger partial charge in [-0.3, -0.25) is 0 Å². The van der Waals surface area contributed by atoms with Gasteiger partial charge < -0.3 is 0 Å². The summed E-state index contributed by atoms with van der Waals surface area (Å²) in [5.41, 5.74) is 1.46. The number of halogens is 3. The smallest absolute Gasteiger partial charge is 0.231 e. The molecule has 0 aliphatic heterocycles. The number of nitrogens with zero attached hydrogens (tertiary/aromatic N) is 1. The minimum absolute atomic E-state index is 0.462. The summed E-state index contributed by atoms with van der Waals surface area (Å²) in [6, 6.07) is 3.61. The molecule has 0 bridgehead atoms. The van der Waals surface area contributed by atoms with E-state index in [4.69, 9.17) is 0 Å². The van der Waals surface area contributed by atoms with Gasteiger partial charge in [-0.25, -0.2) is 4.98 Å². The standard InChI is InChI=1S/C11H6F3NS2/c1-5-4-7-8(6-2-3-16-9(5)6)15-10(17-7)11(12,13)14/h2-4H,1H3. The van der Waals surface area contributed by atoms with Crippen molar-refractivity contribution in [2.75, 3.05) is 0 Å². The van der Waals surface area contributed by atoms with Gasteiger partial charge in [0.25, 0.3) is 0 Å². The Morgan fingerprint density at radius 1 is 1.29 bits per heavy atom. The molecule has 0 aliphatic carbocycles. The number of rotatable bonds is 0. The van der Waals surface area contributed by atoms with Crippen molar-refractivity contribution in [1.82, 2.24) is 4.98 Å². The zero-order valence-corrected chi connectivity index (χ0v) is 10.3. The molecule has 2 heterocycles. The highest BCUT2D eigenvalue weighted by Crippen LogP contribution is 2.39. The highest BCUT2D eigenvalue weighted by Gasteiger charge is 2.35. The molecule has 3 rings (SSSR count). The summed E-state index contributed by atoms with van der Waals surface area (Å²) in [5.74, 6) is 0. The van der Waals surface area contributed by atoms with Crippen LogP contribution in [0.5, 0.6) is 0 Å². The average molecular weight is 273 g/mol. The second kappa shape index (κ2) is 3.43. The Morgan fingerprint density at radius 2 is 2.06 bits per heavy atom. The fourth-order valence-electron chi connectivity index (χ4n) is 1.81. The molecule has 0 amide bonds. The van der Waals surface area contributed by atoms with Gasteiger partial charge >= 0.3 is 6.18 Å². The van der Waals surface area contributed by atoms with Gasteiger partial charge in [0.15, 0.2) is 5.01 Å². The summed E-state index contributed by atoms with van der Waals surface area (Å²) in [5, 5.41) is 1.92. The molecule has 0 radical (unpaired) electrons. The molecular weight excluding hydrogens is 267 g/mol. The van der Waals surface area contributed by atoms with E-state index in [-0.39, 0.29) is 0 Å². The highest BCUT2D eigenvalue weighted by atomic mass is 32.1. The van der Waals surface area contributed by atoms with Crippen LogP contribution in [0.25, 0.3) is 20.3 Å². The molecule has 2 aromatic heterocycles. The third kappa shape index (κ3) is 1.63. The van der Waals surface area contributed by atoms with E-state index in [1.54, 1.807) is 6.07 Å². The lowest BCUT2D eigenvalue weighted by atomic mass is 10.2. The zero-order valence-electron chi connectivity index (χ0n) is 8.63. The van der Waals surface area contributed by atoms with Crippen LogP contribution in [0.2, 0.25) is 0 Å². The Bertz CT molecular complexity index is 708. The van der Waals surface area contributed by atoms with E-state index in [2.05, 4.69) is 4.98 Å². The van der Waals surface area contributed by atoms with Gasteiger partial charge in [0.05, 0.1) is 10.2 Å². The SMILES string of the molecule is Cc1cc2sc(C(F)(F)F)nc2c2ccsc12. The van der Waals surface area contributed by atoms with Crippen molar-refractivity contribution in [1.29, 1.82) is 0 Å². The van der Waals surface area contributed by atoms with E-state index < -0.39 is 11.2 Å². The number of hydrogen-bond donors (Lipinski definition) is 0. The van der Waals surface area contributed by atoms with Crippen molar-refractivity contribution in [3.8, 4) is 0 Å². The van der Waals surface area contributed by atoms with E-state index in [1.807, 2.05) is 18.4 Å². The van der Waals surface area contributed by atoms with E-state index in [0.29, 0.717) is 21.6 Å². The summed E-state index contributed by atoms with van der Waals surface area (Å²) in [4.78, 5) is 3.73. The van der Waals surface area contributed by atoms with Crippen molar-refractivity contribution < 1.29 is 13.2 Å². The first kappa shape index (κ1) is 11.0. The lowest BCUT2D eigenvalue weighted by Gasteiger charge is -1.98. The number of thiazole rings is 1. The third-order valence-electron chi connectivity index (χ3n) is 2.52. The Morgan fingerprint density at radius 3 is 2.76 bits per heavy atom. The molecule has 0 fully saturated rings. The molecule has 3 aromatic rings. The van der Waals surface area contributed by atoms with E-state index in [0.717, 1.165) is 15.6 Å². The lowest BCUT2D eigenvalue weighted by Crippen LogP contribution is -2.03. The van der Waals surface area contributed by atoms with Gasteiger partial charge in [0.1, 0.15) is 0 Å². The van der Waals surface area contributed by atoms with Gasteiger partial charge in [0.2, 0.25) is 0 Å². The first-order valence-electron chi connectivity index (χ1n) is 4.81. The number of aryl methyl sites for hydroxylation is 1. The van der Waals surface area contributed by atoms with E-state index in [9.17, 15) is 13.2 Å². The number of benzene rings is 1. The molecule has 0 atom stereocenters. The largest absolute Gasteiger partial charge is 0.443 e. The predicted octanol–water partition coefficient (Wildman–Crippen LogP) is 4.84. The van der Waals surface area contributed by atoms with Crippen LogP contribution in [0.4, 0.5) is 13.2 Å². The van der Waals surface area contributed by atoms with Gasteiger partial charge in [0, 0.05) is 10.1 Å². The van der Waals surface area contributed by atoms with Gasteiger partial charge in [-0.2, -0.15) is 13.2 Å². The monoisotopic (exact) mass is 273 g/mol. The van der Waals surface area contributed by atoms with Gasteiger partial charge in [-0.1, -0.05) is 0 Å². The molecule has 88 valence electrons. The minimum atomic E-state index is -4.36. The van der Waals surface area contributed by atoms with Crippen LogP contribution in [0.1, 0.15) is 10.6 Å². The van der Waals surface area contributed by atoms with Crippen LogP contribution in [0, 0.1) is 6.92 Å². The second-order valence-electron chi connectivity index (χ2n) is 3.72. The van der Waals surface area contributed by atoms with Crippen LogP contribution in [0.3, 0.4) is 0 Å². The summed E-state index contributed by atoms with van der Waals surface area (Å²) < 4.78 is 39.4. The molecule has 0 aliphatic rings. The maximum atomic E-state index is 12.6. The molecule has 17 heavy (non-hydrogen) atoms. The minimum Gasteiger partial charge on any atom is -0.231 e. The zero-order chi connectivity index (χ0) is 12.2. The number of hydrogen-bond acceptors (Lipinski definition) is 3. The Kier molecular flexibility index (Phi) is 2.21. The van der Waals surface area contributed by atoms with Crippen molar-refractivity contribution in [3.05, 3.63) is 28.1 Å². The molecule has 1 aromatic carbocycles. The molecule has 0 saturated heterocycles. The topological polar surface area (TPSA) is 12.9 Å². The van der Waals surface area contributed by atoms with Crippen LogP contribution < -0.4 is 0 Å². The van der Waals surface area contributed by atoms with E-state index >= 15 is 0 Å². The van der Waals surface area contributed by atoms with Crippen molar-refractivity contribution >= 4 is 43.0 Å². The summed E-state index contributed by atoms with van der Waals surface area (Å²) in [7, 11) is 0. The third-order valence-corrected chi connectivity index (χ3v) is 4.62. The molecule has 0 spiro atoms. The van der Waals surface area contributed by atoms with Gasteiger partial charge in [-0.15, -0.1) is 22.7 Å². The predicted molar refractivity (Wildman–Crippen MR) is 64.7 cm³/mol. The summed E-state index contributed by atoms with van der Waals surface area (Å²) in [6.45, 7) is 1.91. The van der Waals surface area contributed by atoms with E-state index in [1.165, 1.54) is 11.3 Å². The quantitative estimate of drug-likeness (QED) is 0.571. The van der Waals surface area contributed by atoms with Crippen LogP contribution in [0.15, 0.2) is 17.5 Å². The fourth-order valence-corrected chi connectivity index (χ4v) is 3.63. The number of aromatic nitrogens is 1. The molecule has 1 nitrogen and oxygen atoms in total. The molecular formula is C11H6F3NS2. The molecule has 0 unspecified atom stereocenters. The van der Waals surface area contributed by atoms with Crippen LogP contribution >= 0.6 is 22.7 Å². The number of thiophene rings is 1. The van der Waals surface area contributed by atoms with Crippen LogP contribution in [-0.4, -0.2) is 4.98 Å². The molecule has 0 saturated carbocycles. The average Bonchev–Trinajstić information content (AvgIpc) is 2.78.